The molecule has 2 aromatic carbocycles. The molecule has 0 saturated heterocycles. The van der Waals surface area contributed by atoms with Crippen LogP contribution in [0.5, 0.6) is 0 Å². The van der Waals surface area contributed by atoms with Gasteiger partial charge in [0.25, 0.3) is 0 Å². The van der Waals surface area contributed by atoms with Crippen molar-refractivity contribution in [2.24, 2.45) is 0 Å². The molecular weight excluding hydrogens is 475 g/mol. The maximum atomic E-state index is 12.6. The number of nitrogens with zero attached hydrogens (tertiary/aromatic N) is 4. The molecule has 0 radical (unpaired) electrons. The average molecular weight is 497 g/mol. The van der Waals surface area contributed by atoms with Crippen molar-refractivity contribution in [3.05, 3.63) is 107 Å². The molecule has 0 aliphatic carbocycles. The van der Waals surface area contributed by atoms with Crippen LogP contribution in [0.4, 0.5) is 0 Å². The van der Waals surface area contributed by atoms with E-state index in [2.05, 4.69) is 20.8 Å². The standard InChI is InChI=1S/C24H22Cl2N6O2/c25-19-7-3-17(4-8-19)21(31-13-1-11-29-31)15-27-23(33)24(34)28-16-22(32-14-2-12-30-32)18-5-9-20(26)10-6-18/h1-14,21-22H,15-16H2,(H,27,33)(H,28,34). The van der Waals surface area contributed by atoms with Crippen molar-refractivity contribution >= 4 is 35.0 Å². The minimum Gasteiger partial charge on any atom is -0.345 e. The van der Waals surface area contributed by atoms with Crippen LogP contribution >= 0.6 is 23.2 Å². The van der Waals surface area contributed by atoms with Crippen molar-refractivity contribution < 1.29 is 9.59 Å². The molecule has 174 valence electrons. The Balaban J connectivity index is 1.40. The summed E-state index contributed by atoms with van der Waals surface area (Å²) in [6.07, 6.45) is 6.91. The average Bonchev–Trinajstić information content (AvgIpc) is 3.56. The highest BCUT2D eigenvalue weighted by Gasteiger charge is 2.21. The third kappa shape index (κ3) is 5.84. The van der Waals surface area contributed by atoms with Gasteiger partial charge in [-0.25, -0.2) is 0 Å². The molecule has 2 heterocycles. The van der Waals surface area contributed by atoms with E-state index < -0.39 is 11.8 Å². The van der Waals surface area contributed by atoms with Crippen molar-refractivity contribution in [2.75, 3.05) is 13.1 Å². The summed E-state index contributed by atoms with van der Waals surface area (Å²) in [6.45, 7) is 0.352. The van der Waals surface area contributed by atoms with Gasteiger partial charge in [-0.3, -0.25) is 19.0 Å². The first-order valence-corrected chi connectivity index (χ1v) is 11.3. The molecule has 0 spiro atoms. The lowest BCUT2D eigenvalue weighted by Crippen LogP contribution is -2.44. The third-order valence-electron chi connectivity index (χ3n) is 5.32. The number of carbonyl (C=O) groups excluding carboxylic acids is 2. The molecule has 8 nitrogen and oxygen atoms in total. The summed E-state index contributed by atoms with van der Waals surface area (Å²) in [5.41, 5.74) is 1.80. The predicted octanol–water partition coefficient (Wildman–Crippen LogP) is 3.50. The van der Waals surface area contributed by atoms with Gasteiger partial charge in [-0.05, 0) is 47.5 Å². The first-order valence-electron chi connectivity index (χ1n) is 10.6. The molecule has 0 aliphatic heterocycles. The molecule has 2 unspecified atom stereocenters. The van der Waals surface area contributed by atoms with Crippen molar-refractivity contribution in [3.8, 4) is 0 Å². The molecular formula is C24H22Cl2N6O2. The van der Waals surface area contributed by atoms with Gasteiger partial charge < -0.3 is 10.6 Å². The van der Waals surface area contributed by atoms with Gasteiger partial charge in [0.15, 0.2) is 0 Å². The maximum Gasteiger partial charge on any atom is 0.309 e. The number of aromatic nitrogens is 4. The molecule has 2 N–H and O–H groups in total. The van der Waals surface area contributed by atoms with Crippen molar-refractivity contribution in [3.63, 3.8) is 0 Å². The molecule has 0 saturated carbocycles. The van der Waals surface area contributed by atoms with E-state index in [1.807, 2.05) is 24.3 Å². The van der Waals surface area contributed by atoms with Crippen LogP contribution in [-0.2, 0) is 9.59 Å². The number of halogens is 2. The molecule has 4 rings (SSSR count). The summed E-state index contributed by atoms with van der Waals surface area (Å²) in [4.78, 5) is 25.1. The fourth-order valence-electron chi connectivity index (χ4n) is 3.57. The van der Waals surface area contributed by atoms with Crippen LogP contribution in [0.15, 0.2) is 85.5 Å². The van der Waals surface area contributed by atoms with E-state index in [0.717, 1.165) is 11.1 Å². The van der Waals surface area contributed by atoms with Crippen molar-refractivity contribution in [1.82, 2.24) is 30.2 Å². The van der Waals surface area contributed by atoms with E-state index in [0.29, 0.717) is 10.0 Å². The summed E-state index contributed by atoms with van der Waals surface area (Å²) in [6, 6.07) is 17.5. The Hall–Kier alpha value is -3.62. The van der Waals surface area contributed by atoms with Gasteiger partial charge in [-0.1, -0.05) is 47.5 Å². The number of benzene rings is 2. The molecule has 0 bridgehead atoms. The second-order valence-corrected chi connectivity index (χ2v) is 8.40. The van der Waals surface area contributed by atoms with E-state index >= 15 is 0 Å². The lowest BCUT2D eigenvalue weighted by Gasteiger charge is -2.20. The van der Waals surface area contributed by atoms with Gasteiger partial charge in [0, 0.05) is 47.9 Å². The second-order valence-electron chi connectivity index (χ2n) is 7.53. The molecule has 10 heteroatoms. The highest BCUT2D eigenvalue weighted by Crippen LogP contribution is 2.20. The smallest absolute Gasteiger partial charge is 0.309 e. The highest BCUT2D eigenvalue weighted by molar-refractivity contribution is 6.35. The first-order chi connectivity index (χ1) is 16.5. The normalized spacial score (nSPS) is 12.6. The molecule has 0 fully saturated rings. The van der Waals surface area contributed by atoms with Crippen LogP contribution in [0.1, 0.15) is 23.2 Å². The lowest BCUT2D eigenvalue weighted by atomic mass is 10.1. The van der Waals surface area contributed by atoms with E-state index in [1.165, 1.54) is 0 Å². The van der Waals surface area contributed by atoms with Gasteiger partial charge in [-0.15, -0.1) is 0 Å². The zero-order chi connectivity index (χ0) is 23.9. The quantitative estimate of drug-likeness (QED) is 0.365. The number of hydrogen-bond donors (Lipinski definition) is 2. The SMILES string of the molecule is O=C(NCC(c1ccc(Cl)cc1)n1cccn1)C(=O)NCC(c1ccc(Cl)cc1)n1cccn1. The second kappa shape index (κ2) is 11.0. The number of hydrogen-bond acceptors (Lipinski definition) is 4. The summed E-state index contributed by atoms with van der Waals surface area (Å²) in [5.74, 6) is -1.47. The molecule has 2 atom stereocenters. The minimum absolute atomic E-state index is 0.176. The molecule has 34 heavy (non-hydrogen) atoms. The molecule has 0 aliphatic rings. The summed E-state index contributed by atoms with van der Waals surface area (Å²) >= 11 is 12.0. The van der Waals surface area contributed by atoms with E-state index in [-0.39, 0.29) is 25.2 Å². The highest BCUT2D eigenvalue weighted by atomic mass is 35.5. The fraction of sp³-hybridized carbons (Fsp3) is 0.167. The first kappa shape index (κ1) is 23.5. The van der Waals surface area contributed by atoms with Crippen molar-refractivity contribution in [1.29, 1.82) is 0 Å². The predicted molar refractivity (Wildman–Crippen MR) is 130 cm³/mol. The van der Waals surface area contributed by atoms with Gasteiger partial charge >= 0.3 is 11.8 Å². The Kier molecular flexibility index (Phi) is 7.61. The van der Waals surface area contributed by atoms with Crippen LogP contribution in [0.2, 0.25) is 10.0 Å². The Labute approximate surface area is 206 Å². The molecule has 2 aromatic heterocycles. The minimum atomic E-state index is -0.735. The van der Waals surface area contributed by atoms with Gasteiger partial charge in [0.2, 0.25) is 0 Å². The Morgan fingerprint density at radius 2 is 1.09 bits per heavy atom. The van der Waals surface area contributed by atoms with E-state index in [4.69, 9.17) is 23.2 Å². The number of amides is 2. The van der Waals surface area contributed by atoms with Crippen LogP contribution in [-0.4, -0.2) is 44.5 Å². The van der Waals surface area contributed by atoms with Crippen LogP contribution in [0, 0.1) is 0 Å². The van der Waals surface area contributed by atoms with Crippen LogP contribution in [0.3, 0.4) is 0 Å². The van der Waals surface area contributed by atoms with Crippen LogP contribution in [0.25, 0.3) is 0 Å². The summed E-state index contributed by atoms with van der Waals surface area (Å²) < 4.78 is 3.44. The van der Waals surface area contributed by atoms with Gasteiger partial charge in [0.05, 0.1) is 12.1 Å². The topological polar surface area (TPSA) is 93.8 Å². The monoisotopic (exact) mass is 496 g/mol. The molecule has 4 aromatic rings. The Morgan fingerprint density at radius 1 is 0.706 bits per heavy atom. The van der Waals surface area contributed by atoms with Gasteiger partial charge in [0.1, 0.15) is 0 Å². The summed E-state index contributed by atoms with van der Waals surface area (Å²) in [7, 11) is 0. The van der Waals surface area contributed by atoms with Crippen LogP contribution < -0.4 is 10.6 Å². The Bertz CT molecular complexity index is 1110. The number of carbonyl (C=O) groups is 2. The molecule has 2 amide bonds. The maximum absolute atomic E-state index is 12.6. The summed E-state index contributed by atoms with van der Waals surface area (Å²) in [5, 5.41) is 15.2. The Morgan fingerprint density at radius 3 is 1.41 bits per heavy atom. The number of rotatable bonds is 8. The largest absolute Gasteiger partial charge is 0.345 e. The van der Waals surface area contributed by atoms with E-state index in [9.17, 15) is 9.59 Å². The zero-order valence-electron chi connectivity index (χ0n) is 18.0. The van der Waals surface area contributed by atoms with E-state index in [1.54, 1.807) is 70.5 Å². The fourth-order valence-corrected chi connectivity index (χ4v) is 3.82. The van der Waals surface area contributed by atoms with Crippen molar-refractivity contribution in [2.45, 2.75) is 12.1 Å². The third-order valence-corrected chi connectivity index (χ3v) is 5.82. The van der Waals surface area contributed by atoms with Gasteiger partial charge in [-0.2, -0.15) is 10.2 Å². The number of nitrogens with one attached hydrogen (secondary N) is 2. The lowest BCUT2D eigenvalue weighted by molar-refractivity contribution is -0.139. The zero-order valence-corrected chi connectivity index (χ0v) is 19.5.